The van der Waals surface area contributed by atoms with Gasteiger partial charge in [-0.05, 0) is 25.8 Å². The van der Waals surface area contributed by atoms with E-state index in [2.05, 4.69) is 21.6 Å². The fourth-order valence-electron chi connectivity index (χ4n) is 1.55. The molecule has 0 N–H and O–H groups in total. The molecule has 0 atom stereocenters. The summed E-state index contributed by atoms with van der Waals surface area (Å²) in [5.41, 5.74) is 0.978. The molecule has 0 unspecified atom stereocenters. The summed E-state index contributed by atoms with van der Waals surface area (Å²) in [5, 5.41) is 0. The van der Waals surface area contributed by atoms with E-state index in [0.29, 0.717) is 11.7 Å². The second-order valence-electron chi connectivity index (χ2n) is 4.04. The molecular formula is C17H21N3. The molecule has 0 aliphatic carbocycles. The molecule has 0 amide bonds. The van der Waals surface area contributed by atoms with Crippen molar-refractivity contribution in [1.82, 2.24) is 0 Å². The van der Waals surface area contributed by atoms with Gasteiger partial charge in [-0.1, -0.05) is 42.5 Å². The summed E-state index contributed by atoms with van der Waals surface area (Å²) in [6.45, 7) is 5.58. The minimum absolute atomic E-state index is 0.665. The van der Waals surface area contributed by atoms with Gasteiger partial charge in [0.05, 0.1) is 0 Å². The van der Waals surface area contributed by atoms with Crippen molar-refractivity contribution >= 4 is 17.9 Å². The molecule has 0 aromatic heterocycles. The highest BCUT2D eigenvalue weighted by Gasteiger charge is 2.01. The Labute approximate surface area is 121 Å². The van der Waals surface area contributed by atoms with Gasteiger partial charge in [0.25, 0.3) is 0 Å². The topological polar surface area (TPSA) is 37.1 Å². The Bertz CT molecular complexity index is 522. The maximum absolute atomic E-state index is 4.51. The van der Waals surface area contributed by atoms with Crippen LogP contribution in [-0.4, -0.2) is 24.9 Å². The first-order valence-electron chi connectivity index (χ1n) is 6.68. The molecule has 1 aromatic rings. The van der Waals surface area contributed by atoms with Crippen LogP contribution in [0.2, 0.25) is 0 Å². The third-order valence-electron chi connectivity index (χ3n) is 2.54. The molecule has 3 nitrogen and oxygen atoms in total. The maximum Gasteiger partial charge on any atom is 0.161 e. The number of nitrogens with zero attached hydrogens (tertiary/aromatic N) is 3. The van der Waals surface area contributed by atoms with Crippen molar-refractivity contribution in [2.45, 2.75) is 19.8 Å². The molecule has 0 aliphatic heterocycles. The van der Waals surface area contributed by atoms with Crippen molar-refractivity contribution in [2.75, 3.05) is 7.05 Å². The van der Waals surface area contributed by atoms with Crippen LogP contribution in [0.5, 0.6) is 0 Å². The summed E-state index contributed by atoms with van der Waals surface area (Å²) >= 11 is 0. The zero-order chi connectivity index (χ0) is 14.6. The number of amidine groups is 2. The van der Waals surface area contributed by atoms with E-state index in [4.69, 9.17) is 0 Å². The lowest BCUT2D eigenvalue weighted by atomic mass is 10.2. The fourth-order valence-corrected chi connectivity index (χ4v) is 1.55. The van der Waals surface area contributed by atoms with Crippen LogP contribution < -0.4 is 0 Å². The lowest BCUT2D eigenvalue weighted by molar-refractivity contribution is 1.06. The Kier molecular flexibility index (Phi) is 7.58. The molecule has 0 saturated heterocycles. The molecule has 20 heavy (non-hydrogen) atoms. The van der Waals surface area contributed by atoms with Crippen LogP contribution >= 0.6 is 0 Å². The van der Waals surface area contributed by atoms with E-state index in [-0.39, 0.29) is 0 Å². The zero-order valence-electron chi connectivity index (χ0n) is 12.2. The minimum atomic E-state index is 0.665. The standard InChI is InChI=1S/C17H21N3/c1-4-6-7-11-14-16(18-3)20-17(19-5-2)15-12-9-8-10-13-15/h4-5,8-14H,1,6-7H2,2-3H3/b14-11+,18-16?,19-5?,20-17?. The SMILES string of the molecule is C=CCC/C=C/C(=NC)N=C(N=CC)c1ccccc1. The van der Waals surface area contributed by atoms with Gasteiger partial charge < -0.3 is 0 Å². The Balaban J connectivity index is 2.95. The summed E-state index contributed by atoms with van der Waals surface area (Å²) in [5.74, 6) is 1.33. The van der Waals surface area contributed by atoms with E-state index in [1.165, 1.54) is 0 Å². The number of aliphatic imine (C=N–C) groups is 3. The molecule has 0 fully saturated rings. The number of rotatable bonds is 5. The van der Waals surface area contributed by atoms with Gasteiger partial charge in [0.2, 0.25) is 0 Å². The highest BCUT2D eigenvalue weighted by atomic mass is 15.0. The zero-order valence-corrected chi connectivity index (χ0v) is 12.2. The summed E-state index contributed by atoms with van der Waals surface area (Å²) in [7, 11) is 1.73. The minimum Gasteiger partial charge on any atom is -0.270 e. The number of allylic oxidation sites excluding steroid dienone is 2. The lowest BCUT2D eigenvalue weighted by Gasteiger charge is -2.01. The van der Waals surface area contributed by atoms with Crippen molar-refractivity contribution in [2.24, 2.45) is 15.0 Å². The first-order valence-corrected chi connectivity index (χ1v) is 6.68. The van der Waals surface area contributed by atoms with E-state index >= 15 is 0 Å². The van der Waals surface area contributed by atoms with Crippen LogP contribution in [0.1, 0.15) is 25.3 Å². The summed E-state index contributed by atoms with van der Waals surface area (Å²) in [4.78, 5) is 13.0. The smallest absolute Gasteiger partial charge is 0.161 e. The van der Waals surface area contributed by atoms with Gasteiger partial charge in [0.15, 0.2) is 5.84 Å². The van der Waals surface area contributed by atoms with Crippen molar-refractivity contribution in [3.05, 3.63) is 60.7 Å². The molecule has 1 rings (SSSR count). The molecule has 3 heteroatoms. The van der Waals surface area contributed by atoms with Crippen LogP contribution in [0, 0.1) is 0 Å². The normalized spacial score (nSPS) is 13.3. The first-order chi connectivity index (χ1) is 9.81. The third kappa shape index (κ3) is 5.57. The highest BCUT2D eigenvalue weighted by molar-refractivity contribution is 6.11. The van der Waals surface area contributed by atoms with Crippen LogP contribution in [0.4, 0.5) is 0 Å². The second-order valence-corrected chi connectivity index (χ2v) is 4.04. The Morgan fingerprint density at radius 1 is 1.20 bits per heavy atom. The van der Waals surface area contributed by atoms with E-state index in [1.54, 1.807) is 13.3 Å². The lowest BCUT2D eigenvalue weighted by Crippen LogP contribution is -2.01. The van der Waals surface area contributed by atoms with Gasteiger partial charge in [-0.2, -0.15) is 0 Å². The largest absolute Gasteiger partial charge is 0.270 e. The first kappa shape index (κ1) is 15.8. The second kappa shape index (κ2) is 9.62. The monoisotopic (exact) mass is 267 g/mol. The van der Waals surface area contributed by atoms with E-state index in [9.17, 15) is 0 Å². The maximum atomic E-state index is 4.51. The molecule has 0 radical (unpaired) electrons. The van der Waals surface area contributed by atoms with Crippen LogP contribution in [0.3, 0.4) is 0 Å². The van der Waals surface area contributed by atoms with Crippen LogP contribution in [0.15, 0.2) is 70.1 Å². The predicted molar refractivity (Wildman–Crippen MR) is 89.1 cm³/mol. The van der Waals surface area contributed by atoms with Gasteiger partial charge in [-0.3, -0.25) is 4.99 Å². The summed E-state index contributed by atoms with van der Waals surface area (Å²) in [6.07, 6.45) is 9.49. The molecule has 1 aromatic carbocycles. The average molecular weight is 267 g/mol. The van der Waals surface area contributed by atoms with Crippen LogP contribution in [0.25, 0.3) is 0 Å². The molecular weight excluding hydrogens is 246 g/mol. The van der Waals surface area contributed by atoms with E-state index < -0.39 is 0 Å². The fraction of sp³-hybridized carbons (Fsp3) is 0.235. The number of benzene rings is 1. The van der Waals surface area contributed by atoms with Gasteiger partial charge in [-0.15, -0.1) is 6.58 Å². The van der Waals surface area contributed by atoms with Crippen molar-refractivity contribution in [1.29, 1.82) is 0 Å². The van der Waals surface area contributed by atoms with E-state index in [1.807, 2.05) is 55.5 Å². The third-order valence-corrected chi connectivity index (χ3v) is 2.54. The quantitative estimate of drug-likeness (QED) is 0.334. The van der Waals surface area contributed by atoms with Gasteiger partial charge in [0, 0.05) is 18.8 Å². The van der Waals surface area contributed by atoms with Gasteiger partial charge >= 0.3 is 0 Å². The predicted octanol–water partition coefficient (Wildman–Crippen LogP) is 4.07. The van der Waals surface area contributed by atoms with E-state index in [0.717, 1.165) is 18.4 Å². The Morgan fingerprint density at radius 2 is 1.95 bits per heavy atom. The number of hydrogen-bond acceptors (Lipinski definition) is 1. The molecule has 0 bridgehead atoms. The van der Waals surface area contributed by atoms with Crippen molar-refractivity contribution in [3.63, 3.8) is 0 Å². The Hall–Kier alpha value is -2.29. The average Bonchev–Trinajstić information content (AvgIpc) is 2.50. The molecule has 0 heterocycles. The van der Waals surface area contributed by atoms with Crippen molar-refractivity contribution < 1.29 is 0 Å². The van der Waals surface area contributed by atoms with Crippen LogP contribution in [-0.2, 0) is 0 Å². The van der Waals surface area contributed by atoms with Gasteiger partial charge in [-0.25, -0.2) is 9.98 Å². The van der Waals surface area contributed by atoms with Crippen molar-refractivity contribution in [3.8, 4) is 0 Å². The summed E-state index contributed by atoms with van der Waals surface area (Å²) in [6, 6.07) is 9.89. The summed E-state index contributed by atoms with van der Waals surface area (Å²) < 4.78 is 0. The van der Waals surface area contributed by atoms with Gasteiger partial charge in [0.1, 0.15) is 5.84 Å². The number of hydrogen-bond donors (Lipinski definition) is 0. The Morgan fingerprint density at radius 3 is 2.55 bits per heavy atom. The molecule has 0 saturated carbocycles. The highest BCUT2D eigenvalue weighted by Crippen LogP contribution is 2.04. The molecule has 0 aliphatic rings. The number of unbranched alkanes of at least 4 members (excludes halogenated alkanes) is 1. The molecule has 104 valence electrons. The molecule has 0 spiro atoms.